The second-order valence-electron chi connectivity index (χ2n) is 4.85. The van der Waals surface area contributed by atoms with E-state index in [4.69, 9.17) is 0 Å². The Bertz CT molecular complexity index is 506. The minimum absolute atomic E-state index is 0. The van der Waals surface area contributed by atoms with Crippen LogP contribution in [0, 0.1) is 0 Å². The van der Waals surface area contributed by atoms with E-state index in [0.29, 0.717) is 17.9 Å². The quantitative estimate of drug-likeness (QED) is 0.769. The smallest absolute Gasteiger partial charge is 1.00 e. The number of para-hydroxylation sites is 1. The van der Waals surface area contributed by atoms with E-state index in [-0.39, 0.29) is 56.9 Å². The number of benzene rings is 1. The van der Waals surface area contributed by atoms with Gasteiger partial charge in [0.15, 0.2) is 0 Å². The molecule has 20 heavy (non-hydrogen) atoms. The predicted molar refractivity (Wildman–Crippen MR) is 81.5 cm³/mol. The van der Waals surface area contributed by atoms with Crippen LogP contribution in [0.3, 0.4) is 0 Å². The molecule has 0 radical (unpaired) electrons. The number of H-pyrrole nitrogens is 1. The molecule has 0 spiro atoms. The molecule has 2 rings (SSSR count). The molecule has 0 bridgehead atoms. The van der Waals surface area contributed by atoms with Gasteiger partial charge in [-0.2, -0.15) is 5.21 Å². The van der Waals surface area contributed by atoms with E-state index in [1.807, 2.05) is 18.2 Å². The molecule has 0 saturated heterocycles. The summed E-state index contributed by atoms with van der Waals surface area (Å²) in [7, 11) is 0. The van der Waals surface area contributed by atoms with Crippen molar-refractivity contribution in [1.82, 2.24) is 20.6 Å². The van der Waals surface area contributed by atoms with Gasteiger partial charge in [-0.05, 0) is 45.0 Å². The first-order valence-corrected chi connectivity index (χ1v) is 6.22. The summed E-state index contributed by atoms with van der Waals surface area (Å²) in [5.74, 6) is 0.636. The number of anilines is 1. The van der Waals surface area contributed by atoms with Gasteiger partial charge < -0.3 is 9.18 Å². The van der Waals surface area contributed by atoms with Gasteiger partial charge in [-0.1, -0.05) is 12.1 Å². The van der Waals surface area contributed by atoms with Gasteiger partial charge in [0.05, 0.1) is 0 Å². The number of nitrogens with one attached hydrogen (secondary N) is 1. The molecule has 0 atom stereocenters. The van der Waals surface area contributed by atoms with Gasteiger partial charge >= 0.3 is 52.6 Å². The molecule has 1 aromatic carbocycles. The van der Waals surface area contributed by atoms with Crippen LogP contribution in [0.2, 0.25) is 0 Å². The number of nitrogens with zero attached hydrogens (tertiary/aromatic N) is 4. The van der Waals surface area contributed by atoms with Crippen LogP contribution in [-0.4, -0.2) is 55.8 Å². The Labute approximate surface area is 162 Å². The SMILES string of the molecule is CC(C)N(c1ccccc1-c1nn[nH]n1)C(C)C.[H-].[H-].[H-].[Mg+2].[Na+]. The minimum atomic E-state index is 0. The molecule has 0 aliphatic carbocycles. The number of hydrogen-bond donors (Lipinski definition) is 1. The molecule has 7 heteroatoms. The molecule has 0 aliphatic rings. The molecule has 1 heterocycles. The van der Waals surface area contributed by atoms with Crippen LogP contribution in [0.25, 0.3) is 11.4 Å². The van der Waals surface area contributed by atoms with Crippen molar-refractivity contribution in [2.75, 3.05) is 4.90 Å². The predicted octanol–water partition coefficient (Wildman–Crippen LogP) is -0.549. The first-order valence-electron chi connectivity index (χ1n) is 6.22. The molecule has 102 valence electrons. The van der Waals surface area contributed by atoms with Crippen LogP contribution in [0.4, 0.5) is 5.69 Å². The molecular formula is C13H22MgN5Na. The second kappa shape index (κ2) is 8.99. The fourth-order valence-electron chi connectivity index (χ4n) is 2.32. The van der Waals surface area contributed by atoms with Gasteiger partial charge in [0.1, 0.15) is 0 Å². The van der Waals surface area contributed by atoms with Gasteiger partial charge in [-0.3, -0.25) is 0 Å². The van der Waals surface area contributed by atoms with Crippen LogP contribution in [0.5, 0.6) is 0 Å². The first-order chi connectivity index (χ1) is 8.61. The van der Waals surface area contributed by atoms with Crippen molar-refractivity contribution in [2.24, 2.45) is 0 Å². The zero-order valence-corrected chi connectivity index (χ0v) is 16.4. The Morgan fingerprint density at radius 3 is 2.20 bits per heavy atom. The Kier molecular flexibility index (Phi) is 8.93. The maximum Gasteiger partial charge on any atom is 2.00 e. The molecule has 1 N–H and O–H groups in total. The molecule has 0 fully saturated rings. The van der Waals surface area contributed by atoms with E-state index in [1.165, 1.54) is 0 Å². The molecule has 0 unspecified atom stereocenters. The molecule has 5 nitrogen and oxygen atoms in total. The Morgan fingerprint density at radius 2 is 1.70 bits per heavy atom. The monoisotopic (exact) mass is 295 g/mol. The van der Waals surface area contributed by atoms with E-state index in [2.05, 4.69) is 59.3 Å². The third-order valence-electron chi connectivity index (χ3n) is 2.88. The third kappa shape index (κ3) is 4.43. The van der Waals surface area contributed by atoms with E-state index in [9.17, 15) is 0 Å². The number of rotatable bonds is 4. The molecular weight excluding hydrogens is 273 g/mol. The largest absolute Gasteiger partial charge is 2.00 e. The topological polar surface area (TPSA) is 57.7 Å². The second-order valence-corrected chi connectivity index (χ2v) is 4.85. The molecule has 0 aliphatic heterocycles. The number of hydrogen-bond acceptors (Lipinski definition) is 4. The van der Waals surface area contributed by atoms with Crippen molar-refractivity contribution < 1.29 is 33.8 Å². The van der Waals surface area contributed by atoms with Crippen LogP contribution < -0.4 is 34.5 Å². The van der Waals surface area contributed by atoms with Crippen molar-refractivity contribution in [3.05, 3.63) is 24.3 Å². The van der Waals surface area contributed by atoms with Gasteiger partial charge in [0.2, 0.25) is 5.82 Å². The Morgan fingerprint density at radius 1 is 1.10 bits per heavy atom. The van der Waals surface area contributed by atoms with Crippen LogP contribution in [0.1, 0.15) is 32.0 Å². The number of aromatic nitrogens is 4. The Balaban J connectivity index is -0.000000361. The van der Waals surface area contributed by atoms with E-state index in [0.717, 1.165) is 11.3 Å². The average molecular weight is 296 g/mol. The summed E-state index contributed by atoms with van der Waals surface area (Å²) in [6.45, 7) is 8.75. The van der Waals surface area contributed by atoms with Crippen LogP contribution in [0.15, 0.2) is 24.3 Å². The number of tetrazole rings is 1. The summed E-state index contributed by atoms with van der Waals surface area (Å²) < 4.78 is 0. The summed E-state index contributed by atoms with van der Waals surface area (Å²) in [4.78, 5) is 2.35. The van der Waals surface area contributed by atoms with E-state index >= 15 is 0 Å². The van der Waals surface area contributed by atoms with Gasteiger partial charge in [0, 0.05) is 23.3 Å². The standard InChI is InChI=1S/C13H19N5.Mg.Na.3H/c1-9(2)18(10(3)4)12-8-6-5-7-11(12)13-14-16-17-15-13;;;;;/h5-10H,1-4H3,(H,14,15,16,17);;;;;/q;+2;+1;3*-1. The van der Waals surface area contributed by atoms with Crippen molar-refractivity contribution in [3.63, 3.8) is 0 Å². The zero-order chi connectivity index (χ0) is 13.1. The normalized spacial score (nSPS) is 10.1. The van der Waals surface area contributed by atoms with E-state index in [1.54, 1.807) is 0 Å². The van der Waals surface area contributed by atoms with Crippen molar-refractivity contribution in [3.8, 4) is 11.4 Å². The molecule has 2 aromatic rings. The molecule has 0 saturated carbocycles. The van der Waals surface area contributed by atoms with Gasteiger partial charge in [-0.25, -0.2) is 0 Å². The van der Waals surface area contributed by atoms with E-state index < -0.39 is 0 Å². The summed E-state index contributed by atoms with van der Waals surface area (Å²) in [6, 6.07) is 8.99. The van der Waals surface area contributed by atoms with Gasteiger partial charge in [-0.15, -0.1) is 10.2 Å². The minimum Gasteiger partial charge on any atom is -1.00 e. The maximum atomic E-state index is 4.07. The fourth-order valence-corrected chi connectivity index (χ4v) is 2.32. The van der Waals surface area contributed by atoms with Crippen LogP contribution >= 0.6 is 0 Å². The Hall–Kier alpha value is -0.144. The summed E-state index contributed by atoms with van der Waals surface area (Å²) in [5.41, 5.74) is 2.15. The van der Waals surface area contributed by atoms with Gasteiger partial charge in [0.25, 0.3) is 0 Å². The van der Waals surface area contributed by atoms with Crippen molar-refractivity contribution in [2.45, 2.75) is 39.8 Å². The summed E-state index contributed by atoms with van der Waals surface area (Å²) in [5, 5.41) is 14.3. The van der Waals surface area contributed by atoms with Crippen LogP contribution in [-0.2, 0) is 0 Å². The summed E-state index contributed by atoms with van der Waals surface area (Å²) >= 11 is 0. The summed E-state index contributed by atoms with van der Waals surface area (Å²) in [6.07, 6.45) is 0. The molecule has 0 amide bonds. The third-order valence-corrected chi connectivity index (χ3v) is 2.88. The zero-order valence-electron chi connectivity index (χ0n) is 16.0. The molecule has 1 aromatic heterocycles. The maximum absolute atomic E-state index is 4.07. The first kappa shape index (κ1) is 19.9. The number of aromatic amines is 1. The van der Waals surface area contributed by atoms with Crippen molar-refractivity contribution >= 4 is 28.7 Å². The van der Waals surface area contributed by atoms with Crippen molar-refractivity contribution in [1.29, 1.82) is 0 Å². The fraction of sp³-hybridized carbons (Fsp3) is 0.462. The average Bonchev–Trinajstić information content (AvgIpc) is 2.82.